The molecule has 4 nitrogen and oxygen atoms in total. The molecule has 0 aromatic heterocycles. The topological polar surface area (TPSA) is 35.6 Å². The molecular weight excluding hydrogens is 587 g/mol. The van der Waals surface area contributed by atoms with Crippen molar-refractivity contribution in [1.82, 2.24) is 15.1 Å². The zero-order valence-electron chi connectivity index (χ0n) is 33.4. The molecule has 0 saturated carbocycles. The van der Waals surface area contributed by atoms with Crippen molar-refractivity contribution in [3.05, 3.63) is 0 Å². The molecule has 0 aliphatic carbocycles. The van der Waals surface area contributed by atoms with Crippen LogP contribution in [0.25, 0.3) is 0 Å². The second kappa shape index (κ2) is 36.6. The van der Waals surface area contributed by atoms with E-state index in [1.807, 2.05) is 0 Å². The Kier molecular flexibility index (Phi) is 35.4. The maximum atomic E-state index is 13.4. The summed E-state index contributed by atoms with van der Waals surface area (Å²) in [5.74, 6) is 9.75. The number of rotatable bonds is 34. The van der Waals surface area contributed by atoms with E-state index in [0.29, 0.717) is 0 Å². The Balaban J connectivity index is 4.33. The number of amides is 1. The van der Waals surface area contributed by atoms with E-state index < -0.39 is 0 Å². The van der Waals surface area contributed by atoms with Crippen LogP contribution in [-0.4, -0.2) is 55.5 Å². The standard InChI is InChI=1S/C44H83N3O/c1-7-9-11-13-15-17-19-21-23-24-25-27-29-31-33-35-38-45-44(48)43(42(3)4)47(41-37-39-46(5)6)40-36-34-32-30-28-26-22-20-18-16-14-12-10-8-2/h42-43H,7-31,33,35,37-39,41H2,1-6H3,(H,45,48). The fraction of sp³-hybridized carbons (Fsp3) is 0.886. The van der Waals surface area contributed by atoms with Gasteiger partial charge in [0.1, 0.15) is 6.04 Å². The van der Waals surface area contributed by atoms with Gasteiger partial charge in [-0.1, -0.05) is 188 Å². The quantitative estimate of drug-likeness (QED) is 0.0421. The van der Waals surface area contributed by atoms with E-state index in [-0.39, 0.29) is 17.9 Å². The molecule has 0 aliphatic rings. The van der Waals surface area contributed by atoms with Gasteiger partial charge in [-0.2, -0.15) is 0 Å². The van der Waals surface area contributed by atoms with Gasteiger partial charge in [-0.15, -0.1) is 0 Å². The van der Waals surface area contributed by atoms with E-state index in [2.05, 4.69) is 80.7 Å². The first-order chi connectivity index (χ1) is 23.4. The van der Waals surface area contributed by atoms with Crippen molar-refractivity contribution < 1.29 is 4.79 Å². The van der Waals surface area contributed by atoms with Crippen LogP contribution in [-0.2, 0) is 4.79 Å². The van der Waals surface area contributed by atoms with Crippen molar-refractivity contribution in [3.8, 4) is 23.8 Å². The minimum Gasteiger partial charge on any atom is -0.354 e. The number of nitrogens with one attached hydrogen (secondary N) is 1. The number of nitrogens with zero attached hydrogens (tertiary/aromatic N) is 2. The monoisotopic (exact) mass is 670 g/mol. The van der Waals surface area contributed by atoms with Crippen molar-refractivity contribution in [1.29, 1.82) is 0 Å². The molecule has 4 heteroatoms. The molecule has 0 aliphatic heterocycles. The van der Waals surface area contributed by atoms with Crippen molar-refractivity contribution in [3.63, 3.8) is 0 Å². The van der Waals surface area contributed by atoms with Gasteiger partial charge in [0.05, 0.1) is 0 Å². The van der Waals surface area contributed by atoms with E-state index in [1.165, 1.54) is 154 Å². The van der Waals surface area contributed by atoms with Crippen LogP contribution in [0.15, 0.2) is 0 Å². The maximum Gasteiger partial charge on any atom is 0.243 e. The Morgan fingerprint density at radius 2 is 0.958 bits per heavy atom. The fourth-order valence-corrected chi connectivity index (χ4v) is 6.52. The van der Waals surface area contributed by atoms with Crippen LogP contribution in [0.5, 0.6) is 0 Å². The minimum atomic E-state index is -0.246. The van der Waals surface area contributed by atoms with E-state index in [9.17, 15) is 4.79 Å². The normalized spacial score (nSPS) is 11.7. The highest BCUT2D eigenvalue weighted by molar-refractivity contribution is 5.82. The first-order valence-electron chi connectivity index (χ1n) is 21.1. The Hall–Kier alpha value is -1.65. The molecule has 1 amide bonds. The number of hydrogen-bond donors (Lipinski definition) is 1. The average Bonchev–Trinajstić information content (AvgIpc) is 3.05. The predicted octanol–water partition coefficient (Wildman–Crippen LogP) is 11.9. The molecule has 0 aromatic carbocycles. The van der Waals surface area contributed by atoms with Crippen molar-refractivity contribution in [2.45, 2.75) is 214 Å². The summed E-state index contributed by atoms with van der Waals surface area (Å²) in [5, 5.41) is 3.25. The molecule has 0 spiro atoms. The number of hydrogen-bond acceptors (Lipinski definition) is 3. The second-order valence-corrected chi connectivity index (χ2v) is 15.1. The van der Waals surface area contributed by atoms with Gasteiger partial charge in [0.2, 0.25) is 5.91 Å². The SMILES string of the molecule is CCCCCCCCCCCCC#CC#CN(CCCN(C)C)C(C(=O)NCCCCCCCCCCCCCCCCCC)C(C)C. The molecule has 0 saturated heterocycles. The Morgan fingerprint density at radius 3 is 1.38 bits per heavy atom. The summed E-state index contributed by atoms with van der Waals surface area (Å²) in [4.78, 5) is 17.6. The molecule has 1 N–H and O–H groups in total. The van der Waals surface area contributed by atoms with Gasteiger partial charge in [-0.3, -0.25) is 4.79 Å². The fourth-order valence-electron chi connectivity index (χ4n) is 6.52. The largest absolute Gasteiger partial charge is 0.354 e. The molecule has 0 rings (SSSR count). The first-order valence-corrected chi connectivity index (χ1v) is 21.1. The predicted molar refractivity (Wildman–Crippen MR) is 213 cm³/mol. The zero-order valence-corrected chi connectivity index (χ0v) is 33.4. The summed E-state index contributed by atoms with van der Waals surface area (Å²) in [6.07, 6.45) is 37.1. The van der Waals surface area contributed by atoms with Gasteiger partial charge in [-0.25, -0.2) is 0 Å². The molecular formula is C44H83N3O. The third-order valence-electron chi connectivity index (χ3n) is 9.58. The lowest BCUT2D eigenvalue weighted by Gasteiger charge is -2.30. The van der Waals surface area contributed by atoms with Crippen LogP contribution >= 0.6 is 0 Å². The van der Waals surface area contributed by atoms with E-state index >= 15 is 0 Å². The van der Waals surface area contributed by atoms with Gasteiger partial charge >= 0.3 is 0 Å². The number of carbonyl (C=O) groups excluding carboxylic acids is 1. The Morgan fingerprint density at radius 1 is 0.542 bits per heavy atom. The lowest BCUT2D eigenvalue weighted by atomic mass is 10.0. The lowest BCUT2D eigenvalue weighted by Crippen LogP contribution is -2.48. The van der Waals surface area contributed by atoms with E-state index in [1.54, 1.807) is 0 Å². The highest BCUT2D eigenvalue weighted by Gasteiger charge is 2.27. The average molecular weight is 670 g/mol. The number of unbranched alkanes of at least 4 members (excludes halogenated alkanes) is 25. The third-order valence-corrected chi connectivity index (χ3v) is 9.58. The molecule has 0 fully saturated rings. The van der Waals surface area contributed by atoms with E-state index in [4.69, 9.17) is 0 Å². The summed E-state index contributed by atoms with van der Waals surface area (Å²) >= 11 is 0. The van der Waals surface area contributed by atoms with Crippen molar-refractivity contribution in [2.75, 3.05) is 33.7 Å². The molecule has 1 unspecified atom stereocenters. The van der Waals surface area contributed by atoms with Gasteiger partial charge in [-0.05, 0) is 51.7 Å². The van der Waals surface area contributed by atoms with Gasteiger partial charge in [0.15, 0.2) is 0 Å². The number of carbonyl (C=O) groups is 1. The Labute approximate surface area is 302 Å². The highest BCUT2D eigenvalue weighted by Crippen LogP contribution is 2.15. The summed E-state index contributed by atoms with van der Waals surface area (Å²) in [7, 11) is 4.19. The summed E-state index contributed by atoms with van der Waals surface area (Å²) < 4.78 is 0. The zero-order chi connectivity index (χ0) is 35.3. The van der Waals surface area contributed by atoms with Crippen LogP contribution < -0.4 is 5.32 Å². The lowest BCUT2D eigenvalue weighted by molar-refractivity contribution is -0.126. The maximum absolute atomic E-state index is 13.4. The smallest absolute Gasteiger partial charge is 0.243 e. The van der Waals surface area contributed by atoms with Crippen LogP contribution in [0.4, 0.5) is 0 Å². The summed E-state index contributed by atoms with van der Waals surface area (Å²) in [6, 6.07) is 3.04. The van der Waals surface area contributed by atoms with Crippen LogP contribution in [0.1, 0.15) is 207 Å². The summed E-state index contributed by atoms with van der Waals surface area (Å²) in [5.41, 5.74) is 0. The first kappa shape index (κ1) is 46.4. The van der Waals surface area contributed by atoms with Crippen molar-refractivity contribution in [2.24, 2.45) is 5.92 Å². The van der Waals surface area contributed by atoms with Gasteiger partial charge in [0, 0.05) is 31.5 Å². The molecule has 0 bridgehead atoms. The van der Waals surface area contributed by atoms with Gasteiger partial charge < -0.3 is 15.1 Å². The molecule has 0 radical (unpaired) electrons. The third kappa shape index (κ3) is 31.6. The molecule has 0 aromatic rings. The van der Waals surface area contributed by atoms with Crippen LogP contribution in [0.3, 0.4) is 0 Å². The van der Waals surface area contributed by atoms with E-state index in [0.717, 1.165) is 45.3 Å². The van der Waals surface area contributed by atoms with Crippen molar-refractivity contribution >= 4 is 5.91 Å². The summed E-state index contributed by atoms with van der Waals surface area (Å²) in [6.45, 7) is 11.4. The van der Waals surface area contributed by atoms with Crippen LogP contribution in [0, 0.1) is 29.7 Å². The molecule has 280 valence electrons. The highest BCUT2D eigenvalue weighted by atomic mass is 16.2. The Bertz CT molecular complexity index is 814. The van der Waals surface area contributed by atoms with Crippen LogP contribution in [0.2, 0.25) is 0 Å². The minimum absolute atomic E-state index is 0.114. The molecule has 0 heterocycles. The molecule has 1 atom stereocenters. The second-order valence-electron chi connectivity index (χ2n) is 15.1. The molecule has 48 heavy (non-hydrogen) atoms. The van der Waals surface area contributed by atoms with Gasteiger partial charge in [0.25, 0.3) is 0 Å².